The van der Waals surface area contributed by atoms with Gasteiger partial charge in [-0.3, -0.25) is 4.90 Å². The van der Waals surface area contributed by atoms with Crippen LogP contribution in [0.5, 0.6) is 0 Å². The lowest BCUT2D eigenvalue weighted by molar-refractivity contribution is -0.228. The van der Waals surface area contributed by atoms with Gasteiger partial charge in [0.25, 0.3) is 0 Å². The number of hydrogen-bond donors (Lipinski definition) is 1. The number of fused-ring (bicyclic) bond motifs is 2. The van der Waals surface area contributed by atoms with Gasteiger partial charge in [0.05, 0.1) is 24.2 Å². The molecule has 0 saturated carbocycles. The number of anilines is 1. The Labute approximate surface area is 236 Å². The van der Waals surface area contributed by atoms with E-state index in [1.807, 2.05) is 4.90 Å². The van der Waals surface area contributed by atoms with Gasteiger partial charge in [0.15, 0.2) is 0 Å². The van der Waals surface area contributed by atoms with Gasteiger partial charge in [-0.15, -0.1) is 12.6 Å². The smallest absolute Gasteiger partial charge is 0.378 e. The first kappa shape index (κ1) is 29.6. The highest BCUT2D eigenvalue weighted by Crippen LogP contribution is 2.42. The Morgan fingerprint density at radius 1 is 0.975 bits per heavy atom. The normalized spacial score (nSPS) is 28.3. The highest BCUT2D eigenvalue weighted by molar-refractivity contribution is 7.90. The van der Waals surface area contributed by atoms with Crippen LogP contribution in [0.4, 0.5) is 27.6 Å². The number of sulfonamides is 1. The number of nitrogens with zero attached hydrogens (tertiary/aromatic N) is 3. The molecular weight excluding hydrogens is 573 g/mol. The van der Waals surface area contributed by atoms with Crippen molar-refractivity contribution in [1.29, 1.82) is 0 Å². The molecule has 0 aromatic heterocycles. The molecule has 6 nitrogen and oxygen atoms in total. The van der Waals surface area contributed by atoms with E-state index in [1.54, 1.807) is 18.2 Å². The number of morpholine rings is 1. The lowest BCUT2D eigenvalue weighted by atomic mass is 9.92. The van der Waals surface area contributed by atoms with Gasteiger partial charge in [0.2, 0.25) is 15.7 Å². The van der Waals surface area contributed by atoms with Crippen LogP contribution in [0.3, 0.4) is 0 Å². The number of piperazine rings is 1. The summed E-state index contributed by atoms with van der Waals surface area (Å²) in [6, 6.07) is 10.8. The molecule has 0 spiro atoms. The van der Waals surface area contributed by atoms with Gasteiger partial charge in [0.1, 0.15) is 6.17 Å². The van der Waals surface area contributed by atoms with Crippen molar-refractivity contribution in [2.45, 2.75) is 65.7 Å². The van der Waals surface area contributed by atoms with Crippen LogP contribution in [0, 0.1) is 0 Å². The largest absolute Gasteiger partial charge is 0.426 e. The Kier molecular flexibility index (Phi) is 8.16. The third-order valence-corrected chi connectivity index (χ3v) is 10.7. The summed E-state index contributed by atoms with van der Waals surface area (Å²) in [5.74, 6) is 0. The first-order valence-corrected chi connectivity index (χ1v) is 15.1. The van der Waals surface area contributed by atoms with Crippen molar-refractivity contribution in [1.82, 2.24) is 9.21 Å². The van der Waals surface area contributed by atoms with Crippen molar-refractivity contribution >= 4 is 28.3 Å². The molecule has 3 aliphatic heterocycles. The summed E-state index contributed by atoms with van der Waals surface area (Å²) >= 11 is 4.33. The van der Waals surface area contributed by atoms with Crippen LogP contribution in [-0.4, -0.2) is 87.5 Å². The zero-order chi connectivity index (χ0) is 28.9. The Morgan fingerprint density at radius 3 is 2.20 bits per heavy atom. The first-order chi connectivity index (χ1) is 18.8. The molecule has 0 aliphatic carbocycles. The molecule has 0 radical (unpaired) electrons. The van der Waals surface area contributed by atoms with Gasteiger partial charge in [0, 0.05) is 48.8 Å². The summed E-state index contributed by atoms with van der Waals surface area (Å²) in [5.41, 5.74) is -3.46. The number of piperidine rings is 1. The van der Waals surface area contributed by atoms with Gasteiger partial charge in [-0.05, 0) is 49.6 Å². The Balaban J connectivity index is 1.45. The maximum absolute atomic E-state index is 14.6. The molecule has 3 heterocycles. The summed E-state index contributed by atoms with van der Waals surface area (Å²) < 4.78 is 103. The van der Waals surface area contributed by atoms with Crippen molar-refractivity contribution in [3.8, 4) is 0 Å². The molecule has 4 atom stereocenters. The second-order valence-corrected chi connectivity index (χ2v) is 13.2. The van der Waals surface area contributed by atoms with Crippen molar-refractivity contribution < 1.29 is 35.1 Å². The van der Waals surface area contributed by atoms with Crippen molar-refractivity contribution in [3.05, 3.63) is 54.1 Å². The van der Waals surface area contributed by atoms with E-state index < -0.39 is 39.6 Å². The fourth-order valence-electron chi connectivity index (χ4n) is 5.95. The highest BCUT2D eigenvalue weighted by Gasteiger charge is 2.53. The van der Waals surface area contributed by atoms with Gasteiger partial charge >= 0.3 is 6.18 Å². The predicted molar refractivity (Wildman–Crippen MR) is 144 cm³/mol. The van der Waals surface area contributed by atoms with E-state index in [0.29, 0.717) is 50.1 Å². The predicted octanol–water partition coefficient (Wildman–Crippen LogP) is 4.80. The molecule has 2 unspecified atom stereocenters. The molecule has 3 fully saturated rings. The van der Waals surface area contributed by atoms with Crippen LogP contribution in [0.1, 0.15) is 25.3 Å². The lowest BCUT2D eigenvalue weighted by Gasteiger charge is -2.51. The molecule has 0 N–H and O–H groups in total. The molecule has 2 bridgehead atoms. The topological polar surface area (TPSA) is 53.1 Å². The van der Waals surface area contributed by atoms with E-state index in [1.165, 1.54) is 22.5 Å². The van der Waals surface area contributed by atoms with Crippen LogP contribution in [0.25, 0.3) is 0 Å². The summed E-state index contributed by atoms with van der Waals surface area (Å²) in [6.07, 6.45) is -5.36. The number of halogens is 5. The number of hydrogen-bond acceptors (Lipinski definition) is 6. The summed E-state index contributed by atoms with van der Waals surface area (Å²) in [6.45, 7) is 2.14. The lowest BCUT2D eigenvalue weighted by Crippen LogP contribution is -2.64. The zero-order valence-electron chi connectivity index (χ0n) is 21.9. The zero-order valence-corrected chi connectivity index (χ0v) is 23.6. The minimum absolute atomic E-state index is 0.0905. The minimum atomic E-state index is -5.07. The fraction of sp³-hybridized carbons (Fsp3) is 0.556. The number of rotatable bonds is 6. The Hall–Kier alpha value is -1.93. The van der Waals surface area contributed by atoms with Crippen LogP contribution < -0.4 is 4.90 Å². The number of thiol groups is 1. The van der Waals surface area contributed by atoms with E-state index in [-0.39, 0.29) is 36.6 Å². The summed E-state index contributed by atoms with van der Waals surface area (Å²) in [4.78, 5) is 4.54. The second-order valence-electron chi connectivity index (χ2n) is 10.8. The quantitative estimate of drug-likeness (QED) is 0.379. The standard InChI is InChI=1S/C27H32F5N3O3S2/c1-26(29,27(30,31)32)18-6-8-20(9-7-18)34-11-10-33(40(36,37)25-5-3-2-4-24(25)39)14-23(34)15-35-21-12-19(28)13-22(35)17-38-16-21/h2-9,19,21-23,39H,10-17H2,1H3/t19?,21?,22?,23-,26+/m1/s1. The average Bonchev–Trinajstić information content (AvgIpc) is 2.89. The second kappa shape index (κ2) is 11.0. The maximum Gasteiger partial charge on any atom is 0.426 e. The van der Waals surface area contributed by atoms with Crippen LogP contribution >= 0.6 is 12.6 Å². The van der Waals surface area contributed by atoms with Gasteiger partial charge < -0.3 is 9.64 Å². The van der Waals surface area contributed by atoms with Crippen LogP contribution in [0.2, 0.25) is 0 Å². The maximum atomic E-state index is 14.6. The van der Waals surface area contributed by atoms with Gasteiger partial charge in [-0.1, -0.05) is 24.3 Å². The monoisotopic (exact) mass is 605 g/mol. The Morgan fingerprint density at radius 2 is 1.60 bits per heavy atom. The van der Waals surface area contributed by atoms with E-state index in [0.717, 1.165) is 12.1 Å². The number of alkyl halides is 5. The first-order valence-electron chi connectivity index (χ1n) is 13.2. The fourth-order valence-corrected chi connectivity index (χ4v) is 8.01. The molecular formula is C27H32F5N3O3S2. The van der Waals surface area contributed by atoms with Crippen molar-refractivity contribution in [3.63, 3.8) is 0 Å². The highest BCUT2D eigenvalue weighted by atomic mass is 32.2. The average molecular weight is 606 g/mol. The van der Waals surface area contributed by atoms with Crippen LogP contribution in [0.15, 0.2) is 58.3 Å². The third-order valence-electron chi connectivity index (χ3n) is 8.24. The van der Waals surface area contributed by atoms with Gasteiger partial charge in [-0.2, -0.15) is 17.5 Å². The molecule has 3 saturated heterocycles. The van der Waals surface area contributed by atoms with E-state index in [9.17, 15) is 30.4 Å². The Bertz CT molecular complexity index is 1300. The van der Waals surface area contributed by atoms with E-state index in [4.69, 9.17) is 4.74 Å². The molecule has 5 rings (SSSR count). The molecule has 2 aromatic rings. The van der Waals surface area contributed by atoms with Crippen molar-refractivity contribution in [2.75, 3.05) is 44.3 Å². The summed E-state index contributed by atoms with van der Waals surface area (Å²) in [7, 11) is -3.89. The number of ether oxygens (including phenoxy) is 1. The van der Waals surface area contributed by atoms with E-state index >= 15 is 0 Å². The van der Waals surface area contributed by atoms with E-state index in [2.05, 4.69) is 17.5 Å². The van der Waals surface area contributed by atoms with Crippen LogP contribution in [-0.2, 0) is 20.4 Å². The molecule has 13 heteroatoms. The molecule has 0 amide bonds. The minimum Gasteiger partial charge on any atom is -0.378 e. The molecule has 2 aromatic carbocycles. The molecule has 3 aliphatic rings. The number of benzene rings is 2. The summed E-state index contributed by atoms with van der Waals surface area (Å²) in [5, 5.41) is 0. The third kappa shape index (κ3) is 5.59. The van der Waals surface area contributed by atoms with Gasteiger partial charge in [-0.25, -0.2) is 17.2 Å². The molecule has 220 valence electrons. The SMILES string of the molecule is C[C@](F)(c1ccc(N2CCN(S(=O)(=O)c3ccccc3S)C[C@@H]2CN2C3COCC2CC(F)C3)cc1)C(F)(F)F. The van der Waals surface area contributed by atoms with Crippen molar-refractivity contribution in [2.24, 2.45) is 0 Å². The molecule has 40 heavy (non-hydrogen) atoms.